The summed E-state index contributed by atoms with van der Waals surface area (Å²) in [6.45, 7) is 8.87. The van der Waals surface area contributed by atoms with Crippen molar-refractivity contribution in [3.63, 3.8) is 0 Å². The predicted molar refractivity (Wildman–Crippen MR) is 93.8 cm³/mol. The Morgan fingerprint density at radius 1 is 1.05 bits per heavy atom. The van der Waals surface area contributed by atoms with Crippen LogP contribution < -0.4 is 4.90 Å². The molecule has 21 heavy (non-hydrogen) atoms. The molecule has 1 aromatic rings. The lowest BCUT2D eigenvalue weighted by Gasteiger charge is -2.24. The second-order valence-electron chi connectivity index (χ2n) is 3.71. The van der Waals surface area contributed by atoms with Crippen molar-refractivity contribution in [1.29, 1.82) is 0 Å². The van der Waals surface area contributed by atoms with E-state index in [1.54, 1.807) is 12.1 Å². The molecule has 5 heteroatoms. The predicted octanol–water partition coefficient (Wildman–Crippen LogP) is 4.71. The number of benzene rings is 1. The largest absolute Gasteiger partial charge is 0.328 e. The standard InChI is InChI=1S/C10H10N2O2S.2C2H6.2CH4/c13-15(14)9-5-2-1-4-8(9)12-7-3-6-10(12)11-15;2*1-2;;/h1-2,4-5H,3,6-7H2;2*1-2H3;2*1H4. The zero-order valence-electron chi connectivity index (χ0n) is 12.0. The summed E-state index contributed by atoms with van der Waals surface area (Å²) in [5, 5.41) is 0. The highest BCUT2D eigenvalue weighted by Crippen LogP contribution is 2.34. The van der Waals surface area contributed by atoms with Crippen LogP contribution >= 0.6 is 0 Å². The minimum atomic E-state index is -3.45. The van der Waals surface area contributed by atoms with Crippen molar-refractivity contribution < 1.29 is 8.42 Å². The molecule has 0 atom stereocenters. The van der Waals surface area contributed by atoms with Gasteiger partial charge in [0, 0.05) is 13.0 Å². The average molecular weight is 314 g/mol. The maximum Gasteiger partial charge on any atom is 0.286 e. The molecule has 0 radical (unpaired) electrons. The summed E-state index contributed by atoms with van der Waals surface area (Å²) in [5.41, 5.74) is 0.778. The Hall–Kier alpha value is -1.36. The van der Waals surface area contributed by atoms with Crippen LogP contribution in [0, 0.1) is 0 Å². The first-order chi connectivity index (χ1) is 9.18. The van der Waals surface area contributed by atoms with Gasteiger partial charge < -0.3 is 4.90 Å². The van der Waals surface area contributed by atoms with Gasteiger partial charge in [-0.2, -0.15) is 8.42 Å². The lowest BCUT2D eigenvalue weighted by molar-refractivity contribution is 0.597. The van der Waals surface area contributed by atoms with Crippen LogP contribution in [0.15, 0.2) is 33.6 Å². The number of hydrogen-bond donors (Lipinski definition) is 0. The minimum absolute atomic E-state index is 0. The normalized spacial score (nSPS) is 16.2. The molecular formula is C16H30N2O2S. The van der Waals surface area contributed by atoms with Gasteiger partial charge in [-0.3, -0.25) is 0 Å². The summed E-state index contributed by atoms with van der Waals surface area (Å²) in [7, 11) is -3.45. The molecule has 2 aliphatic rings. The first kappa shape index (κ1) is 21.9. The zero-order valence-corrected chi connectivity index (χ0v) is 12.9. The summed E-state index contributed by atoms with van der Waals surface area (Å²) in [6, 6.07) is 7.04. The molecule has 2 heterocycles. The Balaban J connectivity index is 0. The smallest absolute Gasteiger partial charge is 0.286 e. The van der Waals surface area contributed by atoms with Crippen LogP contribution in [0.2, 0.25) is 0 Å². The van der Waals surface area contributed by atoms with Crippen LogP contribution in [0.25, 0.3) is 0 Å². The van der Waals surface area contributed by atoms with Gasteiger partial charge in [-0.05, 0) is 18.6 Å². The molecule has 0 spiro atoms. The molecule has 0 aromatic heterocycles. The minimum Gasteiger partial charge on any atom is -0.328 e. The second kappa shape index (κ2) is 9.55. The van der Waals surface area contributed by atoms with Crippen LogP contribution in [0.1, 0.15) is 55.4 Å². The molecule has 0 aliphatic carbocycles. The summed E-state index contributed by atoms with van der Waals surface area (Å²) in [4.78, 5) is 2.33. The number of hydrogen-bond acceptors (Lipinski definition) is 3. The fraction of sp³-hybridized carbons (Fsp3) is 0.562. The second-order valence-corrected chi connectivity index (χ2v) is 5.28. The van der Waals surface area contributed by atoms with Crippen molar-refractivity contribution in [2.75, 3.05) is 11.4 Å². The number of para-hydroxylation sites is 1. The quantitative estimate of drug-likeness (QED) is 0.696. The fourth-order valence-corrected chi connectivity index (χ4v) is 3.36. The highest BCUT2D eigenvalue weighted by molar-refractivity contribution is 7.90. The zero-order chi connectivity index (χ0) is 14.5. The molecule has 0 unspecified atom stereocenters. The van der Waals surface area contributed by atoms with E-state index in [4.69, 9.17) is 0 Å². The molecule has 0 N–H and O–H groups in total. The maximum atomic E-state index is 11.8. The molecule has 0 bridgehead atoms. The number of anilines is 1. The molecule has 0 amide bonds. The first-order valence-corrected chi connectivity index (χ1v) is 8.33. The molecule has 1 aromatic carbocycles. The van der Waals surface area contributed by atoms with Gasteiger partial charge in [0.1, 0.15) is 10.7 Å². The van der Waals surface area contributed by atoms with Gasteiger partial charge in [-0.15, -0.1) is 4.40 Å². The number of amidine groups is 1. The van der Waals surface area contributed by atoms with E-state index in [1.807, 2.05) is 44.7 Å². The van der Waals surface area contributed by atoms with Gasteiger partial charge in [-0.1, -0.05) is 54.7 Å². The van der Waals surface area contributed by atoms with Crippen molar-refractivity contribution in [1.82, 2.24) is 0 Å². The molecule has 4 nitrogen and oxygen atoms in total. The maximum absolute atomic E-state index is 11.8. The van der Waals surface area contributed by atoms with E-state index in [2.05, 4.69) is 4.40 Å². The van der Waals surface area contributed by atoms with Crippen molar-refractivity contribution >= 4 is 21.5 Å². The SMILES string of the molecule is C.C.CC.CC.O=S1(=O)N=C2CCCN2c2ccccc21. The van der Waals surface area contributed by atoms with E-state index in [0.29, 0.717) is 10.7 Å². The Bertz CT molecular complexity index is 551. The van der Waals surface area contributed by atoms with E-state index in [0.717, 1.165) is 25.1 Å². The number of fused-ring (bicyclic) bond motifs is 3. The monoisotopic (exact) mass is 314 g/mol. The molecule has 122 valence electrons. The van der Waals surface area contributed by atoms with E-state index in [9.17, 15) is 8.42 Å². The van der Waals surface area contributed by atoms with Crippen LogP contribution in [0.5, 0.6) is 0 Å². The van der Waals surface area contributed by atoms with Gasteiger partial charge in [0.05, 0.1) is 5.69 Å². The van der Waals surface area contributed by atoms with Gasteiger partial charge in [0.15, 0.2) is 0 Å². The highest BCUT2D eigenvalue weighted by Gasteiger charge is 2.32. The third-order valence-corrected chi connectivity index (χ3v) is 4.11. The van der Waals surface area contributed by atoms with Crippen molar-refractivity contribution in [3.05, 3.63) is 24.3 Å². The van der Waals surface area contributed by atoms with Crippen molar-refractivity contribution in [3.8, 4) is 0 Å². The van der Waals surface area contributed by atoms with Crippen molar-refractivity contribution in [2.24, 2.45) is 4.40 Å². The third-order valence-electron chi connectivity index (χ3n) is 2.75. The summed E-state index contributed by atoms with van der Waals surface area (Å²) < 4.78 is 27.4. The summed E-state index contributed by atoms with van der Waals surface area (Å²) >= 11 is 0. The molecule has 0 saturated carbocycles. The van der Waals surface area contributed by atoms with E-state index >= 15 is 0 Å². The lowest BCUT2D eigenvalue weighted by Crippen LogP contribution is -2.30. The summed E-state index contributed by atoms with van der Waals surface area (Å²) in [5.74, 6) is 0.689. The van der Waals surface area contributed by atoms with Crippen LogP contribution in [-0.2, 0) is 10.0 Å². The highest BCUT2D eigenvalue weighted by atomic mass is 32.2. The Morgan fingerprint density at radius 2 is 1.62 bits per heavy atom. The van der Waals surface area contributed by atoms with Gasteiger partial charge >= 0.3 is 0 Å². The Labute approximate surface area is 131 Å². The Morgan fingerprint density at radius 3 is 2.24 bits per heavy atom. The number of nitrogens with zero attached hydrogens (tertiary/aromatic N) is 2. The number of sulfonamides is 1. The topological polar surface area (TPSA) is 49.7 Å². The number of rotatable bonds is 0. The fourth-order valence-electron chi connectivity index (χ4n) is 2.10. The average Bonchev–Trinajstić information content (AvgIpc) is 2.91. The third kappa shape index (κ3) is 4.30. The van der Waals surface area contributed by atoms with E-state index < -0.39 is 10.0 Å². The first-order valence-electron chi connectivity index (χ1n) is 6.89. The molecule has 1 saturated heterocycles. The molecule has 1 fully saturated rings. The van der Waals surface area contributed by atoms with Crippen molar-refractivity contribution in [2.45, 2.75) is 60.3 Å². The van der Waals surface area contributed by atoms with Gasteiger partial charge in [0.25, 0.3) is 10.0 Å². The van der Waals surface area contributed by atoms with Crippen LogP contribution in [0.3, 0.4) is 0 Å². The molecular weight excluding hydrogens is 284 g/mol. The summed E-state index contributed by atoms with van der Waals surface area (Å²) in [6.07, 6.45) is 1.73. The van der Waals surface area contributed by atoms with E-state index in [-0.39, 0.29) is 14.9 Å². The van der Waals surface area contributed by atoms with E-state index in [1.165, 1.54) is 0 Å². The molecule has 3 rings (SSSR count). The van der Waals surface area contributed by atoms with Gasteiger partial charge in [-0.25, -0.2) is 0 Å². The molecule has 2 aliphatic heterocycles. The van der Waals surface area contributed by atoms with Crippen LogP contribution in [0.4, 0.5) is 5.69 Å². The Kier molecular flexibility index (Phi) is 9.98. The van der Waals surface area contributed by atoms with Crippen LogP contribution in [-0.4, -0.2) is 20.8 Å². The van der Waals surface area contributed by atoms with Gasteiger partial charge in [0.2, 0.25) is 0 Å². The lowest BCUT2D eigenvalue weighted by atomic mass is 10.3.